The predicted molar refractivity (Wildman–Crippen MR) is 163 cm³/mol. The van der Waals surface area contributed by atoms with Crippen molar-refractivity contribution in [2.75, 3.05) is 6.61 Å². The Bertz CT molecular complexity index is 1840. The summed E-state index contributed by atoms with van der Waals surface area (Å²) in [7, 11) is 0. The van der Waals surface area contributed by atoms with Gasteiger partial charge in [0.25, 0.3) is 5.56 Å². The van der Waals surface area contributed by atoms with Gasteiger partial charge in [0, 0.05) is 10.0 Å². The maximum atomic E-state index is 13.5. The smallest absolute Gasteiger partial charge is 0.416 e. The van der Waals surface area contributed by atoms with Gasteiger partial charge in [-0.2, -0.15) is 22.9 Å². The first-order valence-corrected chi connectivity index (χ1v) is 14.3. The Balaban J connectivity index is 1.55. The molecule has 0 saturated heterocycles. The summed E-state index contributed by atoms with van der Waals surface area (Å²) in [4.78, 5) is 18.0. The lowest BCUT2D eigenvalue weighted by Gasteiger charge is -2.15. The highest BCUT2D eigenvalue weighted by molar-refractivity contribution is 9.10. The van der Waals surface area contributed by atoms with Gasteiger partial charge in [-0.05, 0) is 82.5 Å². The molecule has 0 N–H and O–H groups in total. The fraction of sp³-hybridized carbons (Fsp3) is 0.129. The van der Waals surface area contributed by atoms with Gasteiger partial charge in [0.15, 0.2) is 17.3 Å². The number of nitrogens with zero attached hydrogens (tertiary/aromatic N) is 3. The molecule has 1 aromatic heterocycles. The zero-order valence-electron chi connectivity index (χ0n) is 22.0. The van der Waals surface area contributed by atoms with Crippen LogP contribution >= 0.6 is 31.9 Å². The highest BCUT2D eigenvalue weighted by Crippen LogP contribution is 2.37. The van der Waals surface area contributed by atoms with Crippen molar-refractivity contribution in [1.29, 1.82) is 0 Å². The molecule has 0 radical (unpaired) electrons. The average molecular weight is 701 g/mol. The number of para-hydroxylation sites is 1. The van der Waals surface area contributed by atoms with Gasteiger partial charge >= 0.3 is 6.18 Å². The summed E-state index contributed by atoms with van der Waals surface area (Å²) in [6, 6.07) is 22.4. The van der Waals surface area contributed by atoms with E-state index in [9.17, 15) is 18.0 Å². The van der Waals surface area contributed by atoms with Crippen LogP contribution in [-0.4, -0.2) is 22.5 Å². The monoisotopic (exact) mass is 699 g/mol. The zero-order chi connectivity index (χ0) is 29.9. The maximum Gasteiger partial charge on any atom is 0.416 e. The Morgan fingerprint density at radius 1 is 0.952 bits per heavy atom. The van der Waals surface area contributed by atoms with Crippen LogP contribution in [0.1, 0.15) is 23.6 Å². The SMILES string of the molecule is CCOc1cc(C=Nn2c(-c3cccc(C(F)(F)F)c3)nc3ccccc3c2=O)cc(Br)c1OCc1ccc(Br)cc1. The summed E-state index contributed by atoms with van der Waals surface area (Å²) in [5.74, 6) is 0.915. The topological polar surface area (TPSA) is 65.7 Å². The Morgan fingerprint density at radius 2 is 1.71 bits per heavy atom. The normalized spacial score (nSPS) is 11.8. The molecular formula is C31H22Br2F3N3O3. The second-order valence-corrected chi connectivity index (χ2v) is 10.8. The van der Waals surface area contributed by atoms with Crippen LogP contribution in [-0.2, 0) is 12.8 Å². The number of ether oxygens (including phenoxy) is 2. The molecule has 0 atom stereocenters. The Morgan fingerprint density at radius 3 is 2.45 bits per heavy atom. The summed E-state index contributed by atoms with van der Waals surface area (Å²) < 4.78 is 54.9. The van der Waals surface area contributed by atoms with Crippen LogP contribution < -0.4 is 15.0 Å². The average Bonchev–Trinajstić information content (AvgIpc) is 2.97. The fourth-order valence-electron chi connectivity index (χ4n) is 4.18. The standard InChI is InChI=1S/C31H22Br2F3N3O3/c1-2-41-27-15-20(14-25(33)28(27)42-18-19-10-12-23(32)13-11-19)17-37-39-29(21-6-5-7-22(16-21)31(34,35)36)38-26-9-4-3-8-24(26)30(39)40/h3-17H,2,18H2,1H3. The molecule has 42 heavy (non-hydrogen) atoms. The van der Waals surface area contributed by atoms with E-state index >= 15 is 0 Å². The number of rotatable bonds is 8. The van der Waals surface area contributed by atoms with Crippen LogP contribution in [0.3, 0.4) is 0 Å². The van der Waals surface area contributed by atoms with E-state index in [0.29, 0.717) is 40.3 Å². The number of halogens is 5. The van der Waals surface area contributed by atoms with E-state index in [0.717, 1.165) is 26.8 Å². The number of aromatic nitrogens is 2. The van der Waals surface area contributed by atoms with Gasteiger partial charge in [-0.15, -0.1) is 0 Å². The van der Waals surface area contributed by atoms with E-state index in [-0.39, 0.29) is 16.8 Å². The van der Waals surface area contributed by atoms with E-state index in [1.807, 2.05) is 31.2 Å². The molecule has 1 heterocycles. The zero-order valence-corrected chi connectivity index (χ0v) is 25.2. The third kappa shape index (κ3) is 6.57. The van der Waals surface area contributed by atoms with Gasteiger partial charge < -0.3 is 9.47 Å². The van der Waals surface area contributed by atoms with E-state index in [1.165, 1.54) is 18.3 Å². The molecule has 5 rings (SSSR count). The molecule has 0 aliphatic rings. The van der Waals surface area contributed by atoms with Gasteiger partial charge in [-0.1, -0.05) is 52.3 Å². The molecule has 0 aliphatic carbocycles. The van der Waals surface area contributed by atoms with E-state index in [1.54, 1.807) is 36.4 Å². The summed E-state index contributed by atoms with van der Waals surface area (Å²) >= 11 is 6.96. The van der Waals surface area contributed by atoms with Crippen molar-refractivity contribution < 1.29 is 22.6 Å². The third-order valence-corrected chi connectivity index (χ3v) is 7.27. The molecule has 0 spiro atoms. The lowest BCUT2D eigenvalue weighted by Crippen LogP contribution is -2.20. The molecular weight excluding hydrogens is 679 g/mol. The van der Waals surface area contributed by atoms with Crippen molar-refractivity contribution in [3.63, 3.8) is 0 Å². The molecule has 0 unspecified atom stereocenters. The predicted octanol–water partition coefficient (Wildman–Crippen LogP) is 8.47. The minimum absolute atomic E-state index is 0.0281. The van der Waals surface area contributed by atoms with E-state index < -0.39 is 17.3 Å². The molecule has 4 aromatic carbocycles. The molecule has 0 saturated carbocycles. The first-order valence-electron chi connectivity index (χ1n) is 12.7. The van der Waals surface area contributed by atoms with Crippen molar-refractivity contribution in [2.45, 2.75) is 19.7 Å². The quantitative estimate of drug-likeness (QED) is 0.152. The minimum atomic E-state index is -4.57. The summed E-state index contributed by atoms with van der Waals surface area (Å²) in [6.07, 6.45) is -3.15. The molecule has 6 nitrogen and oxygen atoms in total. The Labute approximate surface area is 255 Å². The van der Waals surface area contributed by atoms with Crippen molar-refractivity contribution in [2.24, 2.45) is 5.10 Å². The first-order chi connectivity index (χ1) is 20.1. The summed E-state index contributed by atoms with van der Waals surface area (Å²) in [5, 5.41) is 4.66. The molecule has 214 valence electrons. The van der Waals surface area contributed by atoms with Crippen LogP contribution in [0.25, 0.3) is 22.3 Å². The first kappa shape index (κ1) is 29.5. The van der Waals surface area contributed by atoms with Gasteiger partial charge in [0.1, 0.15) is 6.61 Å². The Hall–Kier alpha value is -3.96. The number of fused-ring (bicyclic) bond motifs is 1. The van der Waals surface area contributed by atoms with Crippen molar-refractivity contribution in [3.8, 4) is 22.9 Å². The third-order valence-electron chi connectivity index (χ3n) is 6.15. The van der Waals surface area contributed by atoms with Gasteiger partial charge in [-0.25, -0.2) is 4.98 Å². The lowest BCUT2D eigenvalue weighted by molar-refractivity contribution is -0.137. The number of hydrogen-bond donors (Lipinski definition) is 0. The van der Waals surface area contributed by atoms with Crippen molar-refractivity contribution in [1.82, 2.24) is 9.66 Å². The van der Waals surface area contributed by atoms with Crippen LogP contribution in [0, 0.1) is 0 Å². The minimum Gasteiger partial charge on any atom is -0.490 e. The summed E-state index contributed by atoms with van der Waals surface area (Å²) in [6.45, 7) is 2.52. The summed E-state index contributed by atoms with van der Waals surface area (Å²) in [5.41, 5.74) is 0.567. The van der Waals surface area contributed by atoms with Crippen molar-refractivity contribution in [3.05, 3.63) is 121 Å². The second-order valence-electron chi connectivity index (χ2n) is 9.07. The molecule has 0 fully saturated rings. The molecule has 0 bridgehead atoms. The number of alkyl halides is 3. The van der Waals surface area contributed by atoms with Crippen LogP contribution in [0.15, 0.2) is 104 Å². The second kappa shape index (κ2) is 12.5. The fourth-order valence-corrected chi connectivity index (χ4v) is 5.02. The van der Waals surface area contributed by atoms with Gasteiger partial charge in [0.2, 0.25) is 0 Å². The highest BCUT2D eigenvalue weighted by Gasteiger charge is 2.31. The van der Waals surface area contributed by atoms with Crippen LogP contribution in [0.2, 0.25) is 0 Å². The maximum absolute atomic E-state index is 13.5. The molecule has 0 amide bonds. The van der Waals surface area contributed by atoms with Gasteiger partial charge in [0.05, 0.1) is 33.8 Å². The molecule has 11 heteroatoms. The molecule has 5 aromatic rings. The van der Waals surface area contributed by atoms with Crippen LogP contribution in [0.5, 0.6) is 11.5 Å². The van der Waals surface area contributed by atoms with Gasteiger partial charge in [-0.3, -0.25) is 4.79 Å². The Kier molecular flexibility index (Phi) is 8.79. The van der Waals surface area contributed by atoms with E-state index in [4.69, 9.17) is 9.47 Å². The largest absolute Gasteiger partial charge is 0.490 e. The van der Waals surface area contributed by atoms with Crippen LogP contribution in [0.4, 0.5) is 13.2 Å². The van der Waals surface area contributed by atoms with E-state index in [2.05, 4.69) is 41.9 Å². The highest BCUT2D eigenvalue weighted by atomic mass is 79.9. The number of hydrogen-bond acceptors (Lipinski definition) is 5. The lowest BCUT2D eigenvalue weighted by atomic mass is 10.1. The van der Waals surface area contributed by atoms with Crippen molar-refractivity contribution >= 4 is 49.0 Å². The molecule has 0 aliphatic heterocycles. The number of benzene rings is 4.